The van der Waals surface area contributed by atoms with Gasteiger partial charge in [-0.25, -0.2) is 8.78 Å². The molecule has 0 fully saturated rings. The van der Waals surface area contributed by atoms with Crippen LogP contribution in [0.4, 0.5) is 8.78 Å². The lowest BCUT2D eigenvalue weighted by atomic mass is 9.76. The van der Waals surface area contributed by atoms with Crippen LogP contribution >= 0.6 is 0 Å². The topological polar surface area (TPSA) is 190 Å². The van der Waals surface area contributed by atoms with Crippen LogP contribution in [0.2, 0.25) is 0 Å². The van der Waals surface area contributed by atoms with Crippen molar-refractivity contribution in [2.75, 3.05) is 0 Å². The van der Waals surface area contributed by atoms with Crippen molar-refractivity contribution < 1.29 is 8.78 Å². The molecule has 2 atom stereocenters. The fourth-order valence-electron chi connectivity index (χ4n) is 7.52. The zero-order valence-electron chi connectivity index (χ0n) is 28.7. The number of nitrogens with zero attached hydrogens (tertiary/aromatic N) is 8. The van der Waals surface area contributed by atoms with E-state index in [1.165, 1.54) is 84.9 Å². The Morgan fingerprint density at radius 2 is 1.04 bits per heavy atom. The molecule has 5 aromatic carbocycles. The van der Waals surface area contributed by atoms with Crippen LogP contribution < -0.4 is 0 Å². The summed E-state index contributed by atoms with van der Waals surface area (Å²) in [4.78, 5) is 0. The Labute approximate surface area is 319 Å². The first-order valence-corrected chi connectivity index (χ1v) is 16.7. The summed E-state index contributed by atoms with van der Waals surface area (Å²) in [7, 11) is 0. The van der Waals surface area contributed by atoms with Gasteiger partial charge in [0.15, 0.2) is 0 Å². The number of hydrogen-bond donors (Lipinski definition) is 0. The molecule has 0 saturated heterocycles. The molecular weight excluding hydrogens is 703 g/mol. The van der Waals surface area contributed by atoms with Crippen molar-refractivity contribution in [3.8, 4) is 48.6 Å². The summed E-state index contributed by atoms with van der Waals surface area (Å²) in [5.74, 6) is -3.16. The van der Waals surface area contributed by atoms with Crippen molar-refractivity contribution >= 4 is 33.4 Å². The van der Waals surface area contributed by atoms with E-state index in [0.29, 0.717) is 44.5 Å². The summed E-state index contributed by atoms with van der Waals surface area (Å²) < 4.78 is 28.6. The standard InChI is InChI=1S/C46H18F2N8/c47-33-5-1-29(2-6-33)43-41(23-55)35-15-36-38(16-37(35)45(43)39(21-53)31-11-25(17-49)9-26(12-31)18-50)46(44(42(36)24-56)30-3-7-34(48)8-4-30)40(22-54)32-13-27(19-51)10-28(14-32)20-52/h1-16,39,45H/b46-40-. The van der Waals surface area contributed by atoms with Gasteiger partial charge in [-0.15, -0.1) is 0 Å². The number of hydrogen-bond acceptors (Lipinski definition) is 8. The van der Waals surface area contributed by atoms with Crippen LogP contribution in [-0.4, -0.2) is 0 Å². The number of halogens is 2. The molecule has 0 N–H and O–H groups in total. The Hall–Kier alpha value is -8.90. The van der Waals surface area contributed by atoms with Gasteiger partial charge >= 0.3 is 0 Å². The molecule has 2 aliphatic rings. The summed E-state index contributed by atoms with van der Waals surface area (Å²) in [5.41, 5.74) is 4.33. The fourth-order valence-corrected chi connectivity index (χ4v) is 7.52. The second-order valence-electron chi connectivity index (χ2n) is 12.8. The molecule has 0 aromatic heterocycles. The SMILES string of the molecule is N#CC1=C(c2ccc(F)cc2)/C(=C(/C#N)c2cc(C#N)cc(C#N)c2)c2cc3c(cc21)C(C#N)=C(c1ccc(F)cc1)C3C(C#N)c1cc(C#N)cc(C#N)c1. The van der Waals surface area contributed by atoms with Crippen molar-refractivity contribution in [2.45, 2.75) is 11.8 Å². The normalized spacial score (nSPS) is 15.0. The molecule has 10 heteroatoms. The molecule has 0 aliphatic heterocycles. The van der Waals surface area contributed by atoms with Crippen LogP contribution in [0.1, 0.15) is 78.6 Å². The van der Waals surface area contributed by atoms with Gasteiger partial charge in [-0.05, 0) is 117 Å². The minimum absolute atomic E-state index is 0.0108. The van der Waals surface area contributed by atoms with E-state index in [9.17, 15) is 50.9 Å². The van der Waals surface area contributed by atoms with Gasteiger partial charge in [-0.2, -0.15) is 42.1 Å². The van der Waals surface area contributed by atoms with Crippen LogP contribution in [0.5, 0.6) is 0 Å². The smallest absolute Gasteiger partial charge is 0.123 e. The van der Waals surface area contributed by atoms with Crippen molar-refractivity contribution in [3.63, 3.8) is 0 Å². The summed E-state index contributed by atoms with van der Waals surface area (Å²) >= 11 is 0. The monoisotopic (exact) mass is 720 g/mol. The third-order valence-corrected chi connectivity index (χ3v) is 9.81. The first-order chi connectivity index (χ1) is 27.2. The number of nitriles is 8. The van der Waals surface area contributed by atoms with E-state index in [0.717, 1.165) is 0 Å². The average Bonchev–Trinajstić information content (AvgIpc) is 3.72. The van der Waals surface area contributed by atoms with Gasteiger partial charge in [0.2, 0.25) is 0 Å². The summed E-state index contributed by atoms with van der Waals surface area (Å²) in [6.07, 6.45) is 0. The van der Waals surface area contributed by atoms with E-state index in [4.69, 9.17) is 0 Å². The van der Waals surface area contributed by atoms with Gasteiger partial charge < -0.3 is 0 Å². The van der Waals surface area contributed by atoms with Crippen LogP contribution in [0, 0.1) is 102 Å². The lowest BCUT2D eigenvalue weighted by Gasteiger charge is -2.24. The van der Waals surface area contributed by atoms with Gasteiger partial charge in [0, 0.05) is 22.6 Å². The van der Waals surface area contributed by atoms with E-state index in [1.54, 1.807) is 12.1 Å². The number of rotatable bonds is 5. The molecule has 0 spiro atoms. The Bertz CT molecular complexity index is 2960. The first-order valence-electron chi connectivity index (χ1n) is 16.7. The molecular formula is C46H18F2N8. The van der Waals surface area contributed by atoms with E-state index in [1.807, 2.05) is 24.3 Å². The average molecular weight is 721 g/mol. The van der Waals surface area contributed by atoms with Crippen LogP contribution in [0.25, 0.3) is 33.4 Å². The van der Waals surface area contributed by atoms with Gasteiger partial charge in [-0.1, -0.05) is 24.3 Å². The third-order valence-electron chi connectivity index (χ3n) is 9.81. The summed E-state index contributed by atoms with van der Waals surface area (Å²) in [6, 6.07) is 39.8. The quantitative estimate of drug-likeness (QED) is 0.160. The van der Waals surface area contributed by atoms with Crippen LogP contribution in [-0.2, 0) is 0 Å². The van der Waals surface area contributed by atoms with Gasteiger partial charge in [0.25, 0.3) is 0 Å². The highest BCUT2D eigenvalue weighted by Gasteiger charge is 2.42. The molecule has 5 aromatic rings. The highest BCUT2D eigenvalue weighted by molar-refractivity contribution is 6.31. The number of fused-ring (bicyclic) bond motifs is 2. The van der Waals surface area contributed by atoms with Gasteiger partial charge in [0.05, 0.1) is 75.2 Å². The van der Waals surface area contributed by atoms with Crippen LogP contribution in [0.15, 0.2) is 97.1 Å². The third kappa shape index (κ3) is 5.79. The van der Waals surface area contributed by atoms with Crippen molar-refractivity contribution in [1.29, 1.82) is 42.1 Å². The molecule has 56 heavy (non-hydrogen) atoms. The molecule has 0 bridgehead atoms. The maximum Gasteiger partial charge on any atom is 0.123 e. The van der Waals surface area contributed by atoms with Gasteiger partial charge in [0.1, 0.15) is 29.8 Å². The molecule has 7 rings (SSSR count). The zero-order valence-corrected chi connectivity index (χ0v) is 28.7. The minimum atomic E-state index is -1.12. The second-order valence-corrected chi connectivity index (χ2v) is 12.8. The molecule has 2 unspecified atom stereocenters. The molecule has 256 valence electrons. The molecule has 2 aliphatic carbocycles. The molecule has 0 saturated carbocycles. The van der Waals surface area contributed by atoms with Crippen molar-refractivity contribution in [3.05, 3.63) is 175 Å². The lowest BCUT2D eigenvalue weighted by molar-refractivity contribution is 0.627. The van der Waals surface area contributed by atoms with Gasteiger partial charge in [-0.3, -0.25) is 0 Å². The van der Waals surface area contributed by atoms with E-state index < -0.39 is 23.5 Å². The van der Waals surface area contributed by atoms with Crippen molar-refractivity contribution in [2.24, 2.45) is 0 Å². The maximum absolute atomic E-state index is 14.3. The highest BCUT2D eigenvalue weighted by atomic mass is 19.1. The first kappa shape index (κ1) is 35.5. The maximum atomic E-state index is 14.3. The highest BCUT2D eigenvalue weighted by Crippen LogP contribution is 2.57. The lowest BCUT2D eigenvalue weighted by Crippen LogP contribution is -2.11. The predicted molar refractivity (Wildman–Crippen MR) is 199 cm³/mol. The molecule has 0 heterocycles. The Morgan fingerprint density at radius 1 is 0.518 bits per heavy atom. The van der Waals surface area contributed by atoms with E-state index in [-0.39, 0.29) is 55.7 Å². The fraction of sp³-hybridized carbons (Fsp3) is 0.0435. The summed E-state index contributed by atoms with van der Waals surface area (Å²) in [5, 5.41) is 82.5. The Balaban J connectivity index is 1.61. The minimum Gasteiger partial charge on any atom is -0.207 e. The molecule has 0 radical (unpaired) electrons. The number of allylic oxidation sites excluding steroid dienone is 6. The summed E-state index contributed by atoms with van der Waals surface area (Å²) in [6.45, 7) is 0. The van der Waals surface area contributed by atoms with Crippen LogP contribution in [0.3, 0.4) is 0 Å². The Morgan fingerprint density at radius 3 is 1.52 bits per heavy atom. The Kier molecular flexibility index (Phi) is 9.04. The predicted octanol–water partition coefficient (Wildman–Crippen LogP) is 9.17. The molecule has 0 amide bonds. The van der Waals surface area contributed by atoms with Crippen molar-refractivity contribution in [1.82, 2.24) is 0 Å². The van der Waals surface area contributed by atoms with E-state index in [2.05, 4.69) is 24.3 Å². The number of benzene rings is 5. The largest absolute Gasteiger partial charge is 0.207 e. The second kappa shape index (κ2) is 14.3. The molecule has 8 nitrogen and oxygen atoms in total. The van der Waals surface area contributed by atoms with E-state index >= 15 is 0 Å². The zero-order chi connectivity index (χ0) is 39.7.